The zero-order chi connectivity index (χ0) is 18.8. The fraction of sp³-hybridized carbons (Fsp3) is 0.500. The molecule has 138 valence electrons. The summed E-state index contributed by atoms with van der Waals surface area (Å²) in [5, 5.41) is 9.49. The van der Waals surface area contributed by atoms with Gasteiger partial charge in [-0.25, -0.2) is 4.79 Å². The smallest absolute Gasteiger partial charge is 0.416 e. The number of rotatable bonds is 2. The van der Waals surface area contributed by atoms with Crippen LogP contribution in [0.4, 0.5) is 18.0 Å². The molecule has 1 atom stereocenters. The monoisotopic (exact) mass is 357 g/mol. The fourth-order valence-corrected chi connectivity index (χ4v) is 2.59. The molecular weight excluding hydrogens is 335 g/mol. The molecule has 0 fully saturated rings. The van der Waals surface area contributed by atoms with Gasteiger partial charge in [0, 0.05) is 6.20 Å². The van der Waals surface area contributed by atoms with Crippen LogP contribution in [0.1, 0.15) is 44.7 Å². The molecule has 1 aromatic rings. The van der Waals surface area contributed by atoms with Crippen molar-refractivity contribution in [3.8, 4) is 0 Å². The van der Waals surface area contributed by atoms with Crippen molar-refractivity contribution in [2.24, 2.45) is 0 Å². The first-order valence-electron chi connectivity index (χ1n) is 8.02. The number of ether oxygens (including phenoxy) is 1. The number of aliphatic hydroxyl groups is 1. The first-order valence-corrected chi connectivity index (χ1v) is 8.02. The van der Waals surface area contributed by atoms with E-state index in [1.165, 1.54) is 17.0 Å². The van der Waals surface area contributed by atoms with E-state index in [-0.39, 0.29) is 6.61 Å². The second kappa shape index (κ2) is 7.07. The van der Waals surface area contributed by atoms with Gasteiger partial charge in [-0.2, -0.15) is 13.2 Å². The maximum Gasteiger partial charge on any atom is 0.416 e. The molecule has 0 aliphatic carbocycles. The maximum atomic E-state index is 12.7. The third-order valence-corrected chi connectivity index (χ3v) is 3.83. The summed E-state index contributed by atoms with van der Waals surface area (Å²) in [6.45, 7) is 5.01. The number of halogens is 3. The standard InChI is InChI=1S/C18H22F3NO3/c1-17(2,3)25-16(24)22-10-13(6-9-15(22)11-23)12-4-7-14(8-5-12)18(19,20)21/h4-5,7-8,10,15,23H,6,9,11H2,1-3H3. The van der Waals surface area contributed by atoms with Crippen molar-refractivity contribution in [1.29, 1.82) is 0 Å². The van der Waals surface area contributed by atoms with Crippen LogP contribution in [0.5, 0.6) is 0 Å². The lowest BCUT2D eigenvalue weighted by molar-refractivity contribution is -0.137. The summed E-state index contributed by atoms with van der Waals surface area (Å²) in [6.07, 6.45) is -2.36. The van der Waals surface area contributed by atoms with Crippen LogP contribution in [0.3, 0.4) is 0 Å². The minimum atomic E-state index is -4.38. The van der Waals surface area contributed by atoms with E-state index in [1.54, 1.807) is 27.0 Å². The van der Waals surface area contributed by atoms with Crippen molar-refractivity contribution < 1.29 is 27.8 Å². The number of carbonyl (C=O) groups excluding carboxylic acids is 1. The SMILES string of the molecule is CC(C)(C)OC(=O)N1C=C(c2ccc(C(F)(F)F)cc2)CCC1CO. The summed E-state index contributed by atoms with van der Waals surface area (Å²) >= 11 is 0. The molecule has 1 amide bonds. The summed E-state index contributed by atoms with van der Waals surface area (Å²) in [5.41, 5.74) is -0.0659. The summed E-state index contributed by atoms with van der Waals surface area (Å²) in [7, 11) is 0. The maximum absolute atomic E-state index is 12.7. The topological polar surface area (TPSA) is 49.8 Å². The largest absolute Gasteiger partial charge is 0.443 e. The van der Waals surface area contributed by atoms with Gasteiger partial charge in [0.2, 0.25) is 0 Å². The van der Waals surface area contributed by atoms with Crippen LogP contribution in [0.25, 0.3) is 5.57 Å². The molecule has 0 saturated carbocycles. The molecule has 1 heterocycles. The number of nitrogens with zero attached hydrogens (tertiary/aromatic N) is 1. The van der Waals surface area contributed by atoms with E-state index < -0.39 is 29.5 Å². The van der Waals surface area contributed by atoms with E-state index in [2.05, 4.69) is 0 Å². The number of benzene rings is 1. The van der Waals surface area contributed by atoms with Gasteiger partial charge in [0.05, 0.1) is 18.2 Å². The quantitative estimate of drug-likeness (QED) is 0.851. The lowest BCUT2D eigenvalue weighted by atomic mass is 9.95. The number of alkyl halides is 3. The Bertz CT molecular complexity index is 645. The number of allylic oxidation sites excluding steroid dienone is 1. The Balaban J connectivity index is 2.27. The van der Waals surface area contributed by atoms with Crippen molar-refractivity contribution in [2.75, 3.05) is 6.61 Å². The number of hydrogen-bond donors (Lipinski definition) is 1. The van der Waals surface area contributed by atoms with Gasteiger partial charge in [-0.15, -0.1) is 0 Å². The Morgan fingerprint density at radius 1 is 1.24 bits per heavy atom. The van der Waals surface area contributed by atoms with E-state index in [1.807, 2.05) is 0 Å². The van der Waals surface area contributed by atoms with Gasteiger partial charge in [0.1, 0.15) is 5.60 Å². The van der Waals surface area contributed by atoms with Gasteiger partial charge in [-0.3, -0.25) is 4.90 Å². The van der Waals surface area contributed by atoms with Crippen LogP contribution in [0.2, 0.25) is 0 Å². The molecular formula is C18H22F3NO3. The molecule has 25 heavy (non-hydrogen) atoms. The van der Waals surface area contributed by atoms with Gasteiger partial charge >= 0.3 is 12.3 Å². The molecule has 0 bridgehead atoms. The Kier molecular flexibility index (Phi) is 5.46. The normalized spacial score (nSPS) is 18.8. The molecule has 1 unspecified atom stereocenters. The van der Waals surface area contributed by atoms with Crippen molar-refractivity contribution in [1.82, 2.24) is 4.90 Å². The van der Waals surface area contributed by atoms with Crippen molar-refractivity contribution >= 4 is 11.7 Å². The van der Waals surface area contributed by atoms with Gasteiger partial charge in [-0.05, 0) is 56.9 Å². The molecule has 1 N–H and O–H groups in total. The zero-order valence-electron chi connectivity index (χ0n) is 14.4. The van der Waals surface area contributed by atoms with Crippen LogP contribution in [0.15, 0.2) is 30.5 Å². The van der Waals surface area contributed by atoms with E-state index in [4.69, 9.17) is 4.74 Å². The lowest BCUT2D eigenvalue weighted by Gasteiger charge is -2.34. The minimum absolute atomic E-state index is 0.212. The third-order valence-electron chi connectivity index (χ3n) is 3.83. The van der Waals surface area contributed by atoms with Crippen LogP contribution >= 0.6 is 0 Å². The Morgan fingerprint density at radius 2 is 1.84 bits per heavy atom. The first kappa shape index (κ1) is 19.3. The molecule has 4 nitrogen and oxygen atoms in total. The van der Waals surface area contributed by atoms with E-state index in [9.17, 15) is 23.1 Å². The first-order chi connectivity index (χ1) is 11.5. The van der Waals surface area contributed by atoms with Crippen LogP contribution in [-0.4, -0.2) is 34.3 Å². The highest BCUT2D eigenvalue weighted by Crippen LogP contribution is 2.33. The molecule has 0 saturated heterocycles. The third kappa shape index (κ3) is 4.98. The lowest BCUT2D eigenvalue weighted by Crippen LogP contribution is -2.43. The predicted octanol–water partition coefficient (Wildman–Crippen LogP) is 4.44. The number of hydrogen-bond acceptors (Lipinski definition) is 3. The van der Waals surface area contributed by atoms with Crippen molar-refractivity contribution in [2.45, 2.75) is 51.4 Å². The second-order valence-corrected chi connectivity index (χ2v) is 6.99. The minimum Gasteiger partial charge on any atom is -0.443 e. The Hall–Kier alpha value is -2.02. The van der Waals surface area contributed by atoms with Gasteiger partial charge in [-0.1, -0.05) is 12.1 Å². The zero-order valence-corrected chi connectivity index (χ0v) is 14.4. The average Bonchev–Trinajstić information content (AvgIpc) is 2.52. The molecule has 0 radical (unpaired) electrons. The van der Waals surface area contributed by atoms with E-state index in [0.717, 1.165) is 17.7 Å². The van der Waals surface area contributed by atoms with Gasteiger partial charge in [0.25, 0.3) is 0 Å². The molecule has 7 heteroatoms. The van der Waals surface area contributed by atoms with E-state index >= 15 is 0 Å². The summed E-state index contributed by atoms with van der Waals surface area (Å²) in [6, 6.07) is 4.41. The summed E-state index contributed by atoms with van der Waals surface area (Å²) < 4.78 is 43.4. The average molecular weight is 357 g/mol. The second-order valence-electron chi connectivity index (χ2n) is 6.99. The molecule has 0 spiro atoms. The molecule has 0 aromatic heterocycles. The fourth-order valence-electron chi connectivity index (χ4n) is 2.59. The number of amides is 1. The molecule has 1 aliphatic rings. The van der Waals surface area contributed by atoms with Crippen molar-refractivity contribution in [3.05, 3.63) is 41.6 Å². The van der Waals surface area contributed by atoms with Crippen LogP contribution < -0.4 is 0 Å². The number of carbonyl (C=O) groups is 1. The molecule has 1 aliphatic heterocycles. The highest BCUT2D eigenvalue weighted by Gasteiger charge is 2.32. The summed E-state index contributed by atoms with van der Waals surface area (Å²) in [4.78, 5) is 13.7. The highest BCUT2D eigenvalue weighted by molar-refractivity contribution is 5.75. The van der Waals surface area contributed by atoms with Crippen molar-refractivity contribution in [3.63, 3.8) is 0 Å². The Labute approximate surface area is 144 Å². The van der Waals surface area contributed by atoms with Gasteiger partial charge in [0.15, 0.2) is 0 Å². The Morgan fingerprint density at radius 3 is 2.32 bits per heavy atom. The molecule has 2 rings (SSSR count). The van der Waals surface area contributed by atoms with Gasteiger partial charge < -0.3 is 9.84 Å². The van der Waals surface area contributed by atoms with Crippen LogP contribution in [0, 0.1) is 0 Å². The van der Waals surface area contributed by atoms with Crippen LogP contribution in [-0.2, 0) is 10.9 Å². The highest BCUT2D eigenvalue weighted by atomic mass is 19.4. The number of aliphatic hydroxyl groups excluding tert-OH is 1. The van der Waals surface area contributed by atoms with E-state index in [0.29, 0.717) is 18.4 Å². The summed E-state index contributed by atoms with van der Waals surface area (Å²) in [5.74, 6) is 0. The molecule has 1 aromatic carbocycles. The predicted molar refractivity (Wildman–Crippen MR) is 87.6 cm³/mol.